The maximum absolute atomic E-state index is 14.4. The van der Waals surface area contributed by atoms with Crippen LogP contribution < -0.4 is 19.7 Å². The maximum atomic E-state index is 14.4. The summed E-state index contributed by atoms with van der Waals surface area (Å²) in [6.45, 7) is 3.83. The molecule has 0 bridgehead atoms. The summed E-state index contributed by atoms with van der Waals surface area (Å²) in [4.78, 5) is 43.3. The number of nitrogens with zero attached hydrogens (tertiary/aromatic N) is 6. The number of carbonyl (C=O) groups is 2. The third-order valence-electron chi connectivity index (χ3n) is 7.14. The van der Waals surface area contributed by atoms with E-state index in [1.165, 1.54) is 37.4 Å². The van der Waals surface area contributed by atoms with Crippen LogP contribution >= 0.6 is 23.2 Å². The number of hydrogen-bond donors (Lipinski definition) is 1. The van der Waals surface area contributed by atoms with Crippen molar-refractivity contribution in [1.82, 2.24) is 19.5 Å². The maximum Gasteiger partial charge on any atom is 0.319 e. The highest BCUT2D eigenvalue weighted by atomic mass is 35.5. The number of rotatable bonds is 5. The molecule has 2 aromatic carbocycles. The molecule has 11 nitrogen and oxygen atoms in total. The van der Waals surface area contributed by atoms with Crippen LogP contribution in [0.15, 0.2) is 42.6 Å². The minimum atomic E-state index is -1.68. The number of hydrogen-bond acceptors (Lipinski definition) is 8. The van der Waals surface area contributed by atoms with E-state index in [1.807, 2.05) is 24.5 Å². The molecular formula is C28H21Cl2N7O4. The van der Waals surface area contributed by atoms with Crippen LogP contribution in [-0.4, -0.2) is 45.6 Å². The summed E-state index contributed by atoms with van der Waals surface area (Å²) in [6, 6.07) is 11.4. The van der Waals surface area contributed by atoms with Gasteiger partial charge in [0.05, 0.1) is 36.1 Å². The molecule has 4 aromatic rings. The third-order valence-corrected chi connectivity index (χ3v) is 7.69. The van der Waals surface area contributed by atoms with Crippen LogP contribution in [-0.2, 0) is 10.3 Å². The van der Waals surface area contributed by atoms with Crippen molar-refractivity contribution >= 4 is 46.4 Å². The molecule has 0 aliphatic carbocycles. The first-order valence-electron chi connectivity index (χ1n) is 12.4. The number of fused-ring (bicyclic) bond motifs is 4. The fraction of sp³-hybridized carbons (Fsp3) is 0.214. The van der Waals surface area contributed by atoms with Gasteiger partial charge in [-0.05, 0) is 44.2 Å². The van der Waals surface area contributed by atoms with E-state index in [1.54, 1.807) is 24.3 Å². The minimum Gasteiger partial charge on any atom is -0.480 e. The van der Waals surface area contributed by atoms with E-state index < -0.39 is 17.4 Å². The van der Waals surface area contributed by atoms with Crippen LogP contribution in [0, 0.1) is 11.3 Å². The average molecular weight is 590 g/mol. The molecule has 2 aliphatic rings. The zero-order chi connectivity index (χ0) is 29.2. The lowest BCUT2D eigenvalue weighted by Gasteiger charge is -2.35. The molecule has 4 heterocycles. The van der Waals surface area contributed by atoms with Crippen molar-refractivity contribution in [3.05, 3.63) is 75.2 Å². The van der Waals surface area contributed by atoms with E-state index in [0.717, 1.165) is 0 Å². The van der Waals surface area contributed by atoms with Crippen molar-refractivity contribution in [2.75, 3.05) is 24.4 Å². The van der Waals surface area contributed by atoms with Gasteiger partial charge in [-0.25, -0.2) is 9.97 Å². The summed E-state index contributed by atoms with van der Waals surface area (Å²) >= 11 is 12.7. The SMILES string of the molecule is COc1ncc(-c2nc3c(n2C(C)C)[C@]2(C(=O)Nc4cc(Cl)ccc42)N(c2ccc(C#N)c(Cl)c2)C3=O)c(OC)n1. The molecule has 2 amide bonds. The van der Waals surface area contributed by atoms with Gasteiger partial charge in [0.25, 0.3) is 11.8 Å². The van der Waals surface area contributed by atoms with Crippen LogP contribution in [0.4, 0.5) is 11.4 Å². The lowest BCUT2D eigenvalue weighted by Crippen LogP contribution is -2.51. The number of benzene rings is 2. The zero-order valence-corrected chi connectivity index (χ0v) is 23.7. The van der Waals surface area contributed by atoms with Gasteiger partial charge < -0.3 is 19.4 Å². The van der Waals surface area contributed by atoms with Crippen molar-refractivity contribution < 1.29 is 19.1 Å². The van der Waals surface area contributed by atoms with Crippen LogP contribution in [0.1, 0.15) is 47.2 Å². The van der Waals surface area contributed by atoms with Crippen molar-refractivity contribution in [3.8, 4) is 29.3 Å². The van der Waals surface area contributed by atoms with Crippen molar-refractivity contribution in [1.29, 1.82) is 5.26 Å². The Labute approximate surface area is 244 Å². The number of amides is 2. The lowest BCUT2D eigenvalue weighted by molar-refractivity contribution is -0.119. The lowest BCUT2D eigenvalue weighted by atomic mass is 9.87. The number of methoxy groups -OCH3 is 2. The Kier molecular flexibility index (Phi) is 6.13. The van der Waals surface area contributed by atoms with E-state index in [9.17, 15) is 14.9 Å². The van der Waals surface area contributed by atoms with Crippen molar-refractivity contribution in [2.45, 2.75) is 25.4 Å². The molecule has 41 heavy (non-hydrogen) atoms. The molecule has 1 atom stereocenters. The number of carbonyl (C=O) groups excluding carboxylic acids is 2. The zero-order valence-electron chi connectivity index (χ0n) is 22.2. The second kappa shape index (κ2) is 9.47. The summed E-state index contributed by atoms with van der Waals surface area (Å²) in [7, 11) is 2.89. The monoisotopic (exact) mass is 589 g/mol. The first-order valence-corrected chi connectivity index (χ1v) is 13.2. The number of imidazole rings is 1. The Hall–Kier alpha value is -4.66. The second-order valence-electron chi connectivity index (χ2n) is 9.65. The van der Waals surface area contributed by atoms with Gasteiger partial charge in [0, 0.05) is 34.2 Å². The van der Waals surface area contributed by atoms with Gasteiger partial charge in [0.1, 0.15) is 11.9 Å². The minimum absolute atomic E-state index is 0.0602. The molecule has 0 radical (unpaired) electrons. The van der Waals surface area contributed by atoms with E-state index in [4.69, 9.17) is 37.7 Å². The number of nitrogens with one attached hydrogen (secondary N) is 1. The van der Waals surface area contributed by atoms with Gasteiger partial charge >= 0.3 is 6.01 Å². The molecule has 2 aliphatic heterocycles. The molecule has 6 rings (SSSR count). The molecule has 2 aromatic heterocycles. The first-order chi connectivity index (χ1) is 19.7. The standard InChI is InChI=1S/C28H21Cl2N7O4/c1-13(2)36-22-21(34-23(36)17-12-32-27(41-4)35-24(17)40-3)25(38)37(16-7-5-14(11-31)19(30)10-16)28(22)18-8-6-15(29)9-20(18)33-26(28)39/h5-10,12-13H,1-4H3,(H,33,39)/t28-/m1/s1. The molecule has 0 saturated carbocycles. The van der Waals surface area contributed by atoms with E-state index in [2.05, 4.69) is 15.3 Å². The van der Waals surface area contributed by atoms with E-state index in [-0.39, 0.29) is 34.2 Å². The number of nitriles is 1. The Bertz CT molecular complexity index is 1830. The number of ether oxygens (including phenoxy) is 2. The fourth-order valence-electron chi connectivity index (χ4n) is 5.51. The van der Waals surface area contributed by atoms with Crippen molar-refractivity contribution in [3.63, 3.8) is 0 Å². The third kappa shape index (κ3) is 3.61. The van der Waals surface area contributed by atoms with Crippen LogP contribution in [0.3, 0.4) is 0 Å². The van der Waals surface area contributed by atoms with Gasteiger partial charge in [-0.15, -0.1) is 0 Å². The topological polar surface area (TPSA) is 135 Å². The smallest absolute Gasteiger partial charge is 0.319 e. The average Bonchev–Trinajstić information content (AvgIpc) is 3.56. The van der Waals surface area contributed by atoms with Gasteiger partial charge in [0.15, 0.2) is 11.2 Å². The van der Waals surface area contributed by atoms with E-state index in [0.29, 0.717) is 39.0 Å². The summed E-state index contributed by atoms with van der Waals surface area (Å²) in [6.07, 6.45) is 1.50. The molecule has 1 N–H and O–H groups in total. The summed E-state index contributed by atoms with van der Waals surface area (Å²) in [5, 5.41) is 12.9. The van der Waals surface area contributed by atoms with Gasteiger partial charge in [-0.2, -0.15) is 10.2 Å². The summed E-state index contributed by atoms with van der Waals surface area (Å²) in [5.74, 6) is -0.492. The molecule has 1 spiro atoms. The van der Waals surface area contributed by atoms with Crippen molar-refractivity contribution in [2.24, 2.45) is 0 Å². The quantitative estimate of drug-likeness (QED) is 0.344. The summed E-state index contributed by atoms with van der Waals surface area (Å²) < 4.78 is 12.5. The van der Waals surface area contributed by atoms with Gasteiger partial charge in [-0.1, -0.05) is 29.3 Å². The Balaban J connectivity index is 1.70. The highest BCUT2D eigenvalue weighted by Gasteiger charge is 2.64. The fourth-order valence-corrected chi connectivity index (χ4v) is 5.90. The predicted octanol–water partition coefficient (Wildman–Crippen LogP) is 4.97. The van der Waals surface area contributed by atoms with Crippen LogP contribution in [0.5, 0.6) is 11.9 Å². The van der Waals surface area contributed by atoms with Gasteiger partial charge in [0.2, 0.25) is 5.88 Å². The largest absolute Gasteiger partial charge is 0.480 e. The highest BCUT2D eigenvalue weighted by Crippen LogP contribution is 2.54. The molecule has 0 saturated heterocycles. The number of halogens is 2. The Morgan fingerprint density at radius 3 is 2.51 bits per heavy atom. The molecular weight excluding hydrogens is 569 g/mol. The number of aromatic nitrogens is 4. The highest BCUT2D eigenvalue weighted by molar-refractivity contribution is 6.33. The summed E-state index contributed by atoms with van der Waals surface area (Å²) in [5.41, 5.74) is 0.644. The first kappa shape index (κ1) is 26.6. The molecule has 13 heteroatoms. The van der Waals surface area contributed by atoms with Crippen LogP contribution in [0.2, 0.25) is 10.0 Å². The van der Waals surface area contributed by atoms with Crippen LogP contribution in [0.25, 0.3) is 11.4 Å². The molecule has 0 fully saturated rings. The molecule has 206 valence electrons. The second-order valence-corrected chi connectivity index (χ2v) is 10.5. The molecule has 0 unspecified atom stereocenters. The Morgan fingerprint density at radius 2 is 1.85 bits per heavy atom. The normalized spacial score (nSPS) is 17.1. The number of anilines is 2. The van der Waals surface area contributed by atoms with Gasteiger partial charge in [-0.3, -0.25) is 14.5 Å². The Morgan fingerprint density at radius 1 is 1.07 bits per heavy atom. The predicted molar refractivity (Wildman–Crippen MR) is 151 cm³/mol. The van der Waals surface area contributed by atoms with E-state index >= 15 is 0 Å².